The maximum atomic E-state index is 13.4. The molecule has 0 aromatic heterocycles. The van der Waals surface area contributed by atoms with Crippen molar-refractivity contribution < 1.29 is 23.9 Å². The van der Waals surface area contributed by atoms with Gasteiger partial charge in [-0.1, -0.05) is 6.07 Å². The van der Waals surface area contributed by atoms with Crippen LogP contribution in [0.15, 0.2) is 18.2 Å². The third-order valence-corrected chi connectivity index (χ3v) is 3.68. The van der Waals surface area contributed by atoms with E-state index in [0.717, 1.165) is 31.7 Å². The van der Waals surface area contributed by atoms with Crippen LogP contribution in [0.2, 0.25) is 0 Å². The van der Waals surface area contributed by atoms with Crippen LogP contribution in [-0.2, 0) is 16.1 Å². The number of methoxy groups -OCH3 is 1. The minimum atomic E-state index is -1.67. The van der Waals surface area contributed by atoms with E-state index in [1.54, 1.807) is 13.2 Å². The van der Waals surface area contributed by atoms with Gasteiger partial charge in [0.25, 0.3) is 0 Å². The number of ether oxygens (including phenoxy) is 2. The predicted octanol–water partition coefficient (Wildman–Crippen LogP) is 0.980. The van der Waals surface area contributed by atoms with E-state index in [1.807, 2.05) is 0 Å². The highest BCUT2D eigenvalue weighted by Crippen LogP contribution is 2.23. The fraction of sp³-hybridized carbons (Fsp3) is 0.571. The van der Waals surface area contributed by atoms with Gasteiger partial charge in [0.05, 0.1) is 18.8 Å². The summed E-state index contributed by atoms with van der Waals surface area (Å²) in [5, 5.41) is 18.2. The molecule has 2 rings (SSSR count). The Bertz CT molecular complexity index is 441. The molecule has 1 saturated carbocycles. The number of benzene rings is 1. The van der Waals surface area contributed by atoms with Gasteiger partial charge in [-0.15, -0.1) is 0 Å². The molecule has 2 atom stereocenters. The summed E-state index contributed by atoms with van der Waals surface area (Å²) in [6, 6.07) is 4.00. The van der Waals surface area contributed by atoms with Crippen molar-refractivity contribution in [3.8, 4) is 0 Å². The van der Waals surface area contributed by atoms with Crippen LogP contribution in [0.4, 0.5) is 4.39 Å². The minimum Gasteiger partial charge on any atom is -0.423 e. The first-order valence-corrected chi connectivity index (χ1v) is 6.88. The number of hydrogen-bond donors (Lipinski definition) is 2. The molecular weight excluding hydrogens is 262 g/mol. The molecule has 1 aliphatic carbocycles. The Morgan fingerprint density at radius 2 is 2.00 bits per heavy atom. The molecule has 110 valence electrons. The summed E-state index contributed by atoms with van der Waals surface area (Å²) < 4.78 is 24.5. The van der Waals surface area contributed by atoms with Crippen molar-refractivity contribution in [1.29, 1.82) is 0 Å². The third kappa shape index (κ3) is 4.28. The normalized spacial score (nSPS) is 22.8. The summed E-state index contributed by atoms with van der Waals surface area (Å²) in [4.78, 5) is 0. The molecule has 2 unspecified atom stereocenters. The van der Waals surface area contributed by atoms with Gasteiger partial charge < -0.3 is 19.5 Å². The van der Waals surface area contributed by atoms with E-state index in [2.05, 4.69) is 0 Å². The van der Waals surface area contributed by atoms with Gasteiger partial charge in [0.15, 0.2) is 0 Å². The summed E-state index contributed by atoms with van der Waals surface area (Å²) in [5.74, 6) is -0.493. The van der Waals surface area contributed by atoms with Crippen LogP contribution >= 0.6 is 0 Å². The molecule has 20 heavy (non-hydrogen) atoms. The summed E-state index contributed by atoms with van der Waals surface area (Å²) >= 11 is 0. The SMILES string of the molecule is COC1CCCC(OCc2cc(F)cc(B(O)O)c2)C1. The van der Waals surface area contributed by atoms with Crippen LogP contribution in [0, 0.1) is 5.82 Å². The lowest BCUT2D eigenvalue weighted by atomic mass is 9.79. The van der Waals surface area contributed by atoms with Crippen LogP contribution in [-0.4, -0.2) is 36.5 Å². The Hall–Kier alpha value is -0.945. The van der Waals surface area contributed by atoms with Crippen LogP contribution in [0.25, 0.3) is 0 Å². The van der Waals surface area contributed by atoms with Gasteiger partial charge >= 0.3 is 7.12 Å². The van der Waals surface area contributed by atoms with Crippen molar-refractivity contribution in [3.05, 3.63) is 29.6 Å². The maximum Gasteiger partial charge on any atom is 0.488 e. The molecule has 1 aromatic rings. The third-order valence-electron chi connectivity index (χ3n) is 3.68. The first kappa shape index (κ1) is 15.4. The van der Waals surface area contributed by atoms with Crippen molar-refractivity contribution in [2.24, 2.45) is 0 Å². The van der Waals surface area contributed by atoms with Crippen molar-refractivity contribution in [1.82, 2.24) is 0 Å². The largest absolute Gasteiger partial charge is 0.488 e. The molecule has 1 aliphatic rings. The van der Waals surface area contributed by atoms with Gasteiger partial charge in [-0.3, -0.25) is 0 Å². The predicted molar refractivity (Wildman–Crippen MR) is 74.1 cm³/mol. The zero-order chi connectivity index (χ0) is 14.5. The number of halogens is 1. The van der Waals surface area contributed by atoms with Crippen LogP contribution in [0.3, 0.4) is 0 Å². The molecule has 0 spiro atoms. The fourth-order valence-electron chi connectivity index (χ4n) is 2.59. The van der Waals surface area contributed by atoms with Gasteiger partial charge in [-0.05, 0) is 48.8 Å². The molecule has 0 amide bonds. The lowest BCUT2D eigenvalue weighted by Crippen LogP contribution is -2.31. The van der Waals surface area contributed by atoms with Crippen molar-refractivity contribution in [3.63, 3.8) is 0 Å². The first-order valence-electron chi connectivity index (χ1n) is 6.88. The van der Waals surface area contributed by atoms with E-state index in [0.29, 0.717) is 5.56 Å². The highest BCUT2D eigenvalue weighted by atomic mass is 19.1. The lowest BCUT2D eigenvalue weighted by Gasteiger charge is -2.28. The lowest BCUT2D eigenvalue weighted by molar-refractivity contribution is -0.0363. The van der Waals surface area contributed by atoms with E-state index >= 15 is 0 Å². The molecule has 0 radical (unpaired) electrons. The summed E-state index contributed by atoms with van der Waals surface area (Å²) in [6.45, 7) is 0.262. The van der Waals surface area contributed by atoms with E-state index in [4.69, 9.17) is 19.5 Å². The van der Waals surface area contributed by atoms with Crippen molar-refractivity contribution >= 4 is 12.6 Å². The zero-order valence-electron chi connectivity index (χ0n) is 11.6. The summed E-state index contributed by atoms with van der Waals surface area (Å²) in [7, 11) is 0.0335. The second kappa shape index (κ2) is 7.17. The van der Waals surface area contributed by atoms with Crippen LogP contribution in [0.1, 0.15) is 31.2 Å². The van der Waals surface area contributed by atoms with Gasteiger partial charge in [0.1, 0.15) is 5.82 Å². The smallest absolute Gasteiger partial charge is 0.423 e. The number of hydrogen-bond acceptors (Lipinski definition) is 4. The average molecular weight is 282 g/mol. The Morgan fingerprint density at radius 3 is 2.70 bits per heavy atom. The fourth-order valence-corrected chi connectivity index (χ4v) is 2.59. The monoisotopic (exact) mass is 282 g/mol. The minimum absolute atomic E-state index is 0.111. The van der Waals surface area contributed by atoms with Crippen molar-refractivity contribution in [2.75, 3.05) is 7.11 Å². The Labute approximate surface area is 118 Å². The Balaban J connectivity index is 1.93. The molecule has 6 heteroatoms. The quantitative estimate of drug-likeness (QED) is 0.790. The van der Waals surface area contributed by atoms with Gasteiger partial charge in [-0.25, -0.2) is 4.39 Å². The van der Waals surface area contributed by atoms with E-state index in [1.165, 1.54) is 6.07 Å². The standard InChI is InChI=1S/C14H20BFO4/c1-19-13-3-2-4-14(8-13)20-9-10-5-11(15(17)18)7-12(16)6-10/h5-7,13-14,17-18H,2-4,8-9H2,1H3. The second-order valence-corrected chi connectivity index (χ2v) is 5.22. The van der Waals surface area contributed by atoms with E-state index < -0.39 is 12.9 Å². The topological polar surface area (TPSA) is 58.9 Å². The van der Waals surface area contributed by atoms with Gasteiger partial charge in [0.2, 0.25) is 0 Å². The Kier molecular flexibility index (Phi) is 5.54. The molecule has 1 fully saturated rings. The van der Waals surface area contributed by atoms with Crippen molar-refractivity contribution in [2.45, 2.75) is 44.5 Å². The van der Waals surface area contributed by atoms with E-state index in [-0.39, 0.29) is 24.3 Å². The highest BCUT2D eigenvalue weighted by Gasteiger charge is 2.22. The molecule has 2 N–H and O–H groups in total. The van der Waals surface area contributed by atoms with Gasteiger partial charge in [0, 0.05) is 7.11 Å². The molecule has 0 saturated heterocycles. The molecule has 1 aromatic carbocycles. The summed E-state index contributed by atoms with van der Waals surface area (Å²) in [5.41, 5.74) is 0.745. The van der Waals surface area contributed by atoms with Crippen LogP contribution < -0.4 is 5.46 Å². The van der Waals surface area contributed by atoms with Gasteiger partial charge in [-0.2, -0.15) is 0 Å². The average Bonchev–Trinajstić information content (AvgIpc) is 2.44. The molecule has 0 aliphatic heterocycles. The van der Waals surface area contributed by atoms with Crippen LogP contribution in [0.5, 0.6) is 0 Å². The molecule has 4 nitrogen and oxygen atoms in total. The zero-order valence-corrected chi connectivity index (χ0v) is 11.6. The molecular formula is C14H20BFO4. The number of rotatable bonds is 5. The molecule has 0 bridgehead atoms. The second-order valence-electron chi connectivity index (χ2n) is 5.22. The summed E-state index contributed by atoms with van der Waals surface area (Å²) in [6.07, 6.45) is 4.28. The molecule has 0 heterocycles. The Morgan fingerprint density at radius 1 is 1.25 bits per heavy atom. The highest BCUT2D eigenvalue weighted by molar-refractivity contribution is 6.58. The first-order chi connectivity index (χ1) is 9.58. The van der Waals surface area contributed by atoms with E-state index in [9.17, 15) is 4.39 Å². The maximum absolute atomic E-state index is 13.4.